The van der Waals surface area contributed by atoms with E-state index >= 15 is 0 Å². The highest BCUT2D eigenvalue weighted by Gasteiger charge is 2.04. The Balaban J connectivity index is 1.97. The van der Waals surface area contributed by atoms with E-state index in [1.54, 1.807) is 13.1 Å². The molecule has 1 amide bonds. The maximum absolute atomic E-state index is 13.6. The van der Waals surface area contributed by atoms with Gasteiger partial charge in [0, 0.05) is 29.9 Å². The molecular weight excluding hydrogens is 291 g/mol. The summed E-state index contributed by atoms with van der Waals surface area (Å²) >= 11 is 5.85. The Bertz CT molecular complexity index is 629. The van der Waals surface area contributed by atoms with Crippen molar-refractivity contribution in [2.45, 2.75) is 13.0 Å². The number of amides is 1. The van der Waals surface area contributed by atoms with Gasteiger partial charge in [-0.15, -0.1) is 0 Å². The summed E-state index contributed by atoms with van der Waals surface area (Å²) in [7, 11) is 1.61. The molecule has 0 aliphatic carbocycles. The SMILES string of the molecule is CNC(=O)Cc1ccc(NCc2cc(Cl)ccc2F)cc1. The van der Waals surface area contributed by atoms with Crippen molar-refractivity contribution in [2.24, 2.45) is 0 Å². The zero-order valence-corrected chi connectivity index (χ0v) is 12.4. The number of hydrogen-bond donors (Lipinski definition) is 2. The summed E-state index contributed by atoms with van der Waals surface area (Å²) in [6, 6.07) is 11.9. The summed E-state index contributed by atoms with van der Waals surface area (Å²) in [4.78, 5) is 11.3. The van der Waals surface area contributed by atoms with Crippen molar-refractivity contribution >= 4 is 23.2 Å². The Hall–Kier alpha value is -2.07. The molecule has 0 spiro atoms. The second-order valence-corrected chi connectivity index (χ2v) is 5.07. The third-order valence-corrected chi connectivity index (χ3v) is 3.32. The summed E-state index contributed by atoms with van der Waals surface area (Å²) < 4.78 is 13.6. The molecule has 2 rings (SSSR count). The van der Waals surface area contributed by atoms with Gasteiger partial charge >= 0.3 is 0 Å². The fourth-order valence-corrected chi connectivity index (χ4v) is 2.09. The summed E-state index contributed by atoms with van der Waals surface area (Å²) in [5.41, 5.74) is 2.29. The molecule has 0 radical (unpaired) electrons. The van der Waals surface area contributed by atoms with Crippen LogP contribution in [0.5, 0.6) is 0 Å². The monoisotopic (exact) mass is 306 g/mol. The van der Waals surface area contributed by atoms with Crippen LogP contribution in [0.15, 0.2) is 42.5 Å². The van der Waals surface area contributed by atoms with E-state index in [-0.39, 0.29) is 11.7 Å². The van der Waals surface area contributed by atoms with Crippen molar-refractivity contribution in [2.75, 3.05) is 12.4 Å². The van der Waals surface area contributed by atoms with Gasteiger partial charge in [0.2, 0.25) is 5.91 Å². The Morgan fingerprint density at radius 3 is 2.57 bits per heavy atom. The van der Waals surface area contributed by atoms with Crippen molar-refractivity contribution in [1.29, 1.82) is 0 Å². The minimum absolute atomic E-state index is 0.0308. The molecule has 0 saturated heterocycles. The van der Waals surface area contributed by atoms with E-state index in [2.05, 4.69) is 10.6 Å². The van der Waals surface area contributed by atoms with Crippen LogP contribution in [-0.4, -0.2) is 13.0 Å². The zero-order chi connectivity index (χ0) is 15.2. The number of rotatable bonds is 5. The third kappa shape index (κ3) is 4.46. The molecule has 0 heterocycles. The van der Waals surface area contributed by atoms with Crippen LogP contribution >= 0.6 is 11.6 Å². The first kappa shape index (κ1) is 15.3. The van der Waals surface area contributed by atoms with E-state index in [1.807, 2.05) is 24.3 Å². The molecule has 0 atom stereocenters. The van der Waals surface area contributed by atoms with Gasteiger partial charge in [-0.3, -0.25) is 4.79 Å². The molecule has 2 aromatic carbocycles. The van der Waals surface area contributed by atoms with Crippen LogP contribution in [0.3, 0.4) is 0 Å². The molecule has 0 saturated carbocycles. The topological polar surface area (TPSA) is 41.1 Å². The fourth-order valence-electron chi connectivity index (χ4n) is 1.89. The van der Waals surface area contributed by atoms with Crippen LogP contribution in [0.4, 0.5) is 10.1 Å². The van der Waals surface area contributed by atoms with E-state index in [9.17, 15) is 9.18 Å². The molecule has 5 heteroatoms. The molecule has 3 nitrogen and oxygen atoms in total. The predicted molar refractivity (Wildman–Crippen MR) is 82.9 cm³/mol. The van der Waals surface area contributed by atoms with Gasteiger partial charge < -0.3 is 10.6 Å². The van der Waals surface area contributed by atoms with Gasteiger partial charge in [0.15, 0.2) is 0 Å². The maximum Gasteiger partial charge on any atom is 0.224 e. The van der Waals surface area contributed by atoms with Crippen LogP contribution in [0, 0.1) is 5.82 Å². The quantitative estimate of drug-likeness (QED) is 0.889. The maximum atomic E-state index is 13.6. The largest absolute Gasteiger partial charge is 0.381 e. The van der Waals surface area contributed by atoms with Crippen LogP contribution < -0.4 is 10.6 Å². The van der Waals surface area contributed by atoms with Crippen molar-refractivity contribution in [3.8, 4) is 0 Å². The lowest BCUT2D eigenvalue weighted by molar-refractivity contribution is -0.119. The number of nitrogens with one attached hydrogen (secondary N) is 2. The average molecular weight is 307 g/mol. The molecule has 110 valence electrons. The lowest BCUT2D eigenvalue weighted by atomic mass is 10.1. The van der Waals surface area contributed by atoms with Gasteiger partial charge in [0.25, 0.3) is 0 Å². The number of anilines is 1. The summed E-state index contributed by atoms with van der Waals surface area (Å²) in [5, 5.41) is 6.21. The molecule has 0 aromatic heterocycles. The molecule has 21 heavy (non-hydrogen) atoms. The van der Waals surface area contributed by atoms with Gasteiger partial charge in [-0.2, -0.15) is 0 Å². The Labute approximate surface area is 128 Å². The number of likely N-dealkylation sites (N-methyl/N-ethyl adjacent to an activating group) is 1. The smallest absolute Gasteiger partial charge is 0.224 e. The van der Waals surface area contributed by atoms with Gasteiger partial charge in [-0.05, 0) is 35.9 Å². The second-order valence-electron chi connectivity index (χ2n) is 4.64. The molecule has 0 fully saturated rings. The molecule has 2 N–H and O–H groups in total. The minimum atomic E-state index is -0.289. The standard InChI is InChI=1S/C16H16ClFN2O/c1-19-16(21)8-11-2-5-14(6-3-11)20-10-12-9-13(17)4-7-15(12)18/h2-7,9,20H,8,10H2,1H3,(H,19,21). The van der Waals surface area contributed by atoms with Crippen LogP contribution in [0.25, 0.3) is 0 Å². The Morgan fingerprint density at radius 2 is 1.90 bits per heavy atom. The summed E-state index contributed by atoms with van der Waals surface area (Å²) in [5.74, 6) is -0.320. The Kier molecular flexibility index (Phi) is 5.17. The van der Waals surface area contributed by atoms with Gasteiger partial charge in [-0.25, -0.2) is 4.39 Å². The fraction of sp³-hybridized carbons (Fsp3) is 0.188. The van der Waals surface area contributed by atoms with Crippen LogP contribution in [-0.2, 0) is 17.8 Å². The normalized spacial score (nSPS) is 10.2. The zero-order valence-electron chi connectivity index (χ0n) is 11.6. The highest BCUT2D eigenvalue weighted by atomic mass is 35.5. The van der Waals surface area contributed by atoms with E-state index < -0.39 is 0 Å². The van der Waals surface area contributed by atoms with Crippen molar-refractivity contribution in [3.05, 3.63) is 64.4 Å². The lowest BCUT2D eigenvalue weighted by Crippen LogP contribution is -2.19. The van der Waals surface area contributed by atoms with E-state index in [0.29, 0.717) is 23.6 Å². The third-order valence-electron chi connectivity index (χ3n) is 3.09. The highest BCUT2D eigenvalue weighted by molar-refractivity contribution is 6.30. The molecule has 0 aliphatic rings. The van der Waals surface area contributed by atoms with Crippen molar-refractivity contribution in [1.82, 2.24) is 5.32 Å². The van der Waals surface area contributed by atoms with Gasteiger partial charge in [0.05, 0.1) is 6.42 Å². The van der Waals surface area contributed by atoms with Crippen LogP contribution in [0.1, 0.15) is 11.1 Å². The number of benzene rings is 2. The van der Waals surface area contributed by atoms with E-state index in [0.717, 1.165) is 11.3 Å². The highest BCUT2D eigenvalue weighted by Crippen LogP contribution is 2.17. The molecule has 0 unspecified atom stereocenters. The first-order valence-electron chi connectivity index (χ1n) is 6.56. The number of carbonyl (C=O) groups is 1. The predicted octanol–water partition coefficient (Wildman–Crippen LogP) is 3.38. The number of halogens is 2. The molecule has 2 aromatic rings. The lowest BCUT2D eigenvalue weighted by Gasteiger charge is -2.09. The van der Waals surface area contributed by atoms with Gasteiger partial charge in [0.1, 0.15) is 5.82 Å². The van der Waals surface area contributed by atoms with Crippen molar-refractivity contribution < 1.29 is 9.18 Å². The second kappa shape index (κ2) is 7.09. The average Bonchev–Trinajstić information content (AvgIpc) is 2.49. The number of hydrogen-bond acceptors (Lipinski definition) is 2. The van der Waals surface area contributed by atoms with E-state index in [4.69, 9.17) is 11.6 Å². The molecule has 0 bridgehead atoms. The first-order valence-corrected chi connectivity index (χ1v) is 6.93. The first-order chi connectivity index (χ1) is 10.1. The number of carbonyl (C=O) groups excluding carboxylic acids is 1. The van der Waals surface area contributed by atoms with Crippen molar-refractivity contribution in [3.63, 3.8) is 0 Å². The molecular formula is C16H16ClFN2O. The van der Waals surface area contributed by atoms with Crippen LogP contribution in [0.2, 0.25) is 5.02 Å². The minimum Gasteiger partial charge on any atom is -0.381 e. The summed E-state index contributed by atoms with van der Waals surface area (Å²) in [6.45, 7) is 0.348. The van der Waals surface area contributed by atoms with Gasteiger partial charge in [-0.1, -0.05) is 23.7 Å². The Morgan fingerprint density at radius 1 is 1.19 bits per heavy atom. The summed E-state index contributed by atoms with van der Waals surface area (Å²) in [6.07, 6.45) is 0.347. The molecule has 0 aliphatic heterocycles. The van der Waals surface area contributed by atoms with E-state index in [1.165, 1.54) is 12.1 Å².